The maximum Gasteiger partial charge on any atom is 0.355 e. The zero-order valence-corrected chi connectivity index (χ0v) is 21.3. The van der Waals surface area contributed by atoms with Crippen LogP contribution in [0.25, 0.3) is 0 Å². The van der Waals surface area contributed by atoms with Crippen LogP contribution in [0.2, 0.25) is 5.02 Å². The molecule has 0 fully saturated rings. The molecule has 35 heavy (non-hydrogen) atoms. The number of nitrogens with one attached hydrogen (secondary N) is 1. The molecule has 1 aromatic heterocycles. The predicted octanol–water partition coefficient (Wildman–Crippen LogP) is 4.62. The van der Waals surface area contributed by atoms with E-state index in [0.717, 1.165) is 5.56 Å². The van der Waals surface area contributed by atoms with E-state index in [1.165, 1.54) is 16.4 Å². The molecule has 0 spiro atoms. The number of hydrogen-bond acceptors (Lipinski definition) is 6. The number of fused-ring (bicyclic) bond motifs is 1. The molecule has 1 N–H and O–H groups in total. The predicted molar refractivity (Wildman–Crippen MR) is 132 cm³/mol. The fraction of sp³-hybridized carbons (Fsp3) is 0.320. The van der Waals surface area contributed by atoms with Crippen molar-refractivity contribution < 1.29 is 27.4 Å². The minimum Gasteiger partial charge on any atom is -0.486 e. The molecule has 0 radical (unpaired) electrons. The number of carbonyl (C=O) groups is 1. The number of sulfonamides is 1. The van der Waals surface area contributed by atoms with Gasteiger partial charge in [-0.3, -0.25) is 0 Å². The Labute approximate surface area is 209 Å². The van der Waals surface area contributed by atoms with E-state index < -0.39 is 16.0 Å². The molecule has 2 aromatic carbocycles. The van der Waals surface area contributed by atoms with Gasteiger partial charge in [-0.2, -0.15) is 4.31 Å². The van der Waals surface area contributed by atoms with Crippen LogP contribution < -0.4 is 9.47 Å². The first kappa shape index (κ1) is 25.1. The lowest BCUT2D eigenvalue weighted by Gasteiger charge is -2.24. The van der Waals surface area contributed by atoms with E-state index in [9.17, 15) is 13.2 Å². The summed E-state index contributed by atoms with van der Waals surface area (Å²) in [6, 6.07) is 11.6. The van der Waals surface area contributed by atoms with Gasteiger partial charge in [0, 0.05) is 29.9 Å². The van der Waals surface area contributed by atoms with E-state index in [0.29, 0.717) is 52.3 Å². The highest BCUT2D eigenvalue weighted by molar-refractivity contribution is 7.89. The molecule has 10 heteroatoms. The molecule has 186 valence electrons. The SMILES string of the molecule is CCOC(=O)c1[nH]c(C)c(CN(Cc2ccc(Cl)cc2)S(=O)(=O)c2ccc3c(c2)OCCO3)c1C. The van der Waals surface area contributed by atoms with Crippen molar-refractivity contribution >= 4 is 27.6 Å². The number of nitrogens with zero attached hydrogens (tertiary/aromatic N) is 1. The first-order valence-electron chi connectivity index (χ1n) is 11.2. The fourth-order valence-electron chi connectivity index (χ4n) is 3.96. The van der Waals surface area contributed by atoms with Crippen molar-refractivity contribution in [2.24, 2.45) is 0 Å². The summed E-state index contributed by atoms with van der Waals surface area (Å²) in [4.78, 5) is 15.5. The lowest BCUT2D eigenvalue weighted by molar-refractivity contribution is 0.0519. The van der Waals surface area contributed by atoms with E-state index in [4.69, 9.17) is 25.8 Å². The maximum absolute atomic E-state index is 13.9. The van der Waals surface area contributed by atoms with Crippen molar-refractivity contribution in [3.8, 4) is 11.5 Å². The number of esters is 1. The summed E-state index contributed by atoms with van der Waals surface area (Å²) in [5.74, 6) is 0.427. The number of rotatable bonds is 8. The molecule has 2 heterocycles. The van der Waals surface area contributed by atoms with Crippen molar-refractivity contribution in [1.29, 1.82) is 0 Å². The number of H-pyrrole nitrogens is 1. The van der Waals surface area contributed by atoms with Crippen LogP contribution in [0.4, 0.5) is 0 Å². The Morgan fingerprint density at radius 1 is 1.06 bits per heavy atom. The van der Waals surface area contributed by atoms with Crippen molar-refractivity contribution in [3.05, 3.63) is 75.6 Å². The van der Waals surface area contributed by atoms with Gasteiger partial charge in [-0.05, 0) is 61.7 Å². The minimum absolute atomic E-state index is 0.0486. The number of benzene rings is 2. The summed E-state index contributed by atoms with van der Waals surface area (Å²) in [5, 5.41) is 0.561. The quantitative estimate of drug-likeness (QED) is 0.437. The summed E-state index contributed by atoms with van der Waals surface area (Å²) in [6.07, 6.45) is 0. The summed E-state index contributed by atoms with van der Waals surface area (Å²) < 4.78 is 45.4. The molecule has 0 saturated carbocycles. The van der Waals surface area contributed by atoms with Gasteiger partial charge in [0.2, 0.25) is 10.0 Å². The van der Waals surface area contributed by atoms with E-state index in [1.54, 1.807) is 44.2 Å². The maximum atomic E-state index is 13.9. The van der Waals surface area contributed by atoms with Crippen LogP contribution in [0, 0.1) is 13.8 Å². The number of hydrogen-bond donors (Lipinski definition) is 1. The zero-order valence-electron chi connectivity index (χ0n) is 19.8. The molecule has 0 aliphatic carbocycles. The monoisotopic (exact) mass is 518 g/mol. The second-order valence-corrected chi connectivity index (χ2v) is 10.5. The lowest BCUT2D eigenvalue weighted by Crippen LogP contribution is -2.31. The Balaban J connectivity index is 1.73. The first-order chi connectivity index (χ1) is 16.7. The highest BCUT2D eigenvalue weighted by Crippen LogP contribution is 2.34. The molecule has 0 saturated heterocycles. The Kier molecular flexibility index (Phi) is 7.39. The normalized spacial score (nSPS) is 13.2. The molecule has 8 nitrogen and oxygen atoms in total. The molecular weight excluding hydrogens is 492 g/mol. The van der Waals surface area contributed by atoms with E-state index in [2.05, 4.69) is 4.98 Å². The average Bonchev–Trinajstić information content (AvgIpc) is 3.13. The van der Waals surface area contributed by atoms with Gasteiger partial charge in [0.05, 0.1) is 11.5 Å². The van der Waals surface area contributed by atoms with E-state index in [-0.39, 0.29) is 24.6 Å². The topological polar surface area (TPSA) is 97.9 Å². The first-order valence-corrected chi connectivity index (χ1v) is 13.0. The largest absolute Gasteiger partial charge is 0.486 e. The van der Waals surface area contributed by atoms with Crippen LogP contribution in [0.5, 0.6) is 11.5 Å². The second-order valence-electron chi connectivity index (χ2n) is 8.15. The third-order valence-electron chi connectivity index (χ3n) is 5.83. The second kappa shape index (κ2) is 10.3. The highest BCUT2D eigenvalue weighted by Gasteiger charge is 2.29. The third-order valence-corrected chi connectivity index (χ3v) is 7.87. The lowest BCUT2D eigenvalue weighted by atomic mass is 10.1. The van der Waals surface area contributed by atoms with Gasteiger partial charge in [0.1, 0.15) is 18.9 Å². The van der Waals surface area contributed by atoms with Crippen LogP contribution in [0.3, 0.4) is 0 Å². The van der Waals surface area contributed by atoms with Gasteiger partial charge in [0.15, 0.2) is 11.5 Å². The molecule has 0 atom stereocenters. The molecule has 0 bridgehead atoms. The van der Waals surface area contributed by atoms with Crippen molar-refractivity contribution in [2.75, 3.05) is 19.8 Å². The number of ether oxygens (including phenoxy) is 3. The van der Waals surface area contributed by atoms with E-state index in [1.807, 2.05) is 6.92 Å². The number of carbonyl (C=O) groups excluding carboxylic acids is 1. The smallest absolute Gasteiger partial charge is 0.355 e. The molecule has 4 rings (SSSR count). The van der Waals surface area contributed by atoms with Gasteiger partial charge in [-0.1, -0.05) is 23.7 Å². The van der Waals surface area contributed by atoms with Crippen LogP contribution in [-0.2, 0) is 27.8 Å². The van der Waals surface area contributed by atoms with Crippen LogP contribution in [0.1, 0.15) is 39.8 Å². The van der Waals surface area contributed by atoms with Crippen molar-refractivity contribution in [2.45, 2.75) is 38.8 Å². The molecule has 0 unspecified atom stereocenters. The van der Waals surface area contributed by atoms with Gasteiger partial charge in [-0.25, -0.2) is 13.2 Å². The molecule has 0 amide bonds. The Morgan fingerprint density at radius 2 is 1.74 bits per heavy atom. The van der Waals surface area contributed by atoms with E-state index >= 15 is 0 Å². The summed E-state index contributed by atoms with van der Waals surface area (Å²) in [7, 11) is -3.96. The number of aromatic nitrogens is 1. The molecular formula is C25H27ClN2O6S. The third kappa shape index (κ3) is 5.32. The molecule has 3 aromatic rings. The zero-order chi connectivity index (χ0) is 25.2. The number of aryl methyl sites for hydroxylation is 1. The van der Waals surface area contributed by atoms with Crippen molar-refractivity contribution in [3.63, 3.8) is 0 Å². The van der Waals surface area contributed by atoms with Gasteiger partial charge < -0.3 is 19.2 Å². The van der Waals surface area contributed by atoms with Gasteiger partial charge in [0.25, 0.3) is 0 Å². The molecule has 1 aliphatic rings. The minimum atomic E-state index is -3.96. The Hall–Kier alpha value is -3.01. The van der Waals surface area contributed by atoms with Gasteiger partial charge >= 0.3 is 5.97 Å². The standard InChI is InChI=1S/C25H27ClN2O6S/c1-4-32-25(29)24-16(2)21(17(3)27-24)15-28(14-18-5-7-19(26)8-6-18)35(30,31)20-9-10-22-23(13-20)34-12-11-33-22/h5-10,13,27H,4,11-12,14-15H2,1-3H3. The molecule has 1 aliphatic heterocycles. The van der Waals surface area contributed by atoms with Crippen molar-refractivity contribution in [1.82, 2.24) is 9.29 Å². The highest BCUT2D eigenvalue weighted by atomic mass is 35.5. The summed E-state index contributed by atoms with van der Waals surface area (Å²) in [6.45, 7) is 6.48. The summed E-state index contributed by atoms with van der Waals surface area (Å²) in [5.41, 5.74) is 3.15. The number of halogens is 1. The van der Waals surface area contributed by atoms with Crippen LogP contribution in [-0.4, -0.2) is 43.5 Å². The van der Waals surface area contributed by atoms with Crippen LogP contribution >= 0.6 is 11.6 Å². The average molecular weight is 519 g/mol. The van der Waals surface area contributed by atoms with Gasteiger partial charge in [-0.15, -0.1) is 0 Å². The Morgan fingerprint density at radius 3 is 2.43 bits per heavy atom. The number of aromatic amines is 1. The fourth-order valence-corrected chi connectivity index (χ4v) is 5.50. The van der Waals surface area contributed by atoms with Crippen LogP contribution in [0.15, 0.2) is 47.4 Å². The summed E-state index contributed by atoms with van der Waals surface area (Å²) >= 11 is 6.03. The Bertz CT molecular complexity index is 1330.